The molecule has 0 saturated carbocycles. The van der Waals surface area contributed by atoms with E-state index in [4.69, 9.17) is 32.7 Å². The highest BCUT2D eigenvalue weighted by Gasteiger charge is 2.33. The van der Waals surface area contributed by atoms with Crippen LogP contribution in [0.5, 0.6) is 11.9 Å². The first-order valence-electron chi connectivity index (χ1n) is 11.7. The number of benzene rings is 2. The van der Waals surface area contributed by atoms with Gasteiger partial charge in [0.1, 0.15) is 12.7 Å². The monoisotopic (exact) mass is 579 g/mol. The second kappa shape index (κ2) is 12.0. The molecule has 2 aromatic heterocycles. The van der Waals surface area contributed by atoms with Crippen molar-refractivity contribution in [2.45, 2.75) is 25.6 Å². The Bertz CT molecular complexity index is 1510. The van der Waals surface area contributed by atoms with E-state index in [1.54, 1.807) is 25.5 Å². The van der Waals surface area contributed by atoms with Crippen molar-refractivity contribution in [3.05, 3.63) is 109 Å². The van der Waals surface area contributed by atoms with Gasteiger partial charge in [0.2, 0.25) is 0 Å². The lowest BCUT2D eigenvalue weighted by atomic mass is 10.0. The highest BCUT2D eigenvalue weighted by Crippen LogP contribution is 2.35. The lowest BCUT2D eigenvalue weighted by Crippen LogP contribution is -2.54. The van der Waals surface area contributed by atoms with Crippen molar-refractivity contribution in [3.63, 3.8) is 0 Å². The molecule has 0 spiro atoms. The van der Waals surface area contributed by atoms with E-state index in [9.17, 15) is 18.0 Å². The van der Waals surface area contributed by atoms with Crippen molar-refractivity contribution in [1.29, 1.82) is 0 Å². The van der Waals surface area contributed by atoms with E-state index in [0.717, 1.165) is 17.2 Å². The Morgan fingerprint density at radius 1 is 0.949 bits per heavy atom. The first-order valence-corrected chi connectivity index (χ1v) is 12.5. The number of hydrogen-bond acceptors (Lipinski definition) is 5. The third kappa shape index (κ3) is 7.07. The van der Waals surface area contributed by atoms with E-state index < -0.39 is 11.7 Å². The van der Waals surface area contributed by atoms with Gasteiger partial charge in [-0.05, 0) is 35.2 Å². The molecule has 7 nitrogen and oxygen atoms in total. The highest BCUT2D eigenvalue weighted by atomic mass is 35.5. The standard InChI is InChI=1S/C27H24Cl2F3N4O3/c1-35-24(23(29)16-36(26(35)37)15-20-13-33-25(38-2)34-14-20)39-10-9-17-3-5-18(6-4-17)11-19-7-8-22(28)21(12-19)27(30,31)32/h3-8,12-14,16H,9-11,15H2,1-2H3/q+1. The maximum absolute atomic E-state index is 13.1. The lowest BCUT2D eigenvalue weighted by Gasteiger charge is -2.11. The van der Waals surface area contributed by atoms with Crippen LogP contribution in [0.3, 0.4) is 0 Å². The van der Waals surface area contributed by atoms with Crippen LogP contribution < -0.4 is 19.7 Å². The molecular weight excluding hydrogens is 556 g/mol. The molecule has 0 aliphatic carbocycles. The molecule has 39 heavy (non-hydrogen) atoms. The molecule has 0 unspecified atom stereocenters. The van der Waals surface area contributed by atoms with Crippen LogP contribution in [0.2, 0.25) is 10.0 Å². The van der Waals surface area contributed by atoms with E-state index >= 15 is 0 Å². The number of hydrogen-bond donors (Lipinski definition) is 0. The number of alkyl halides is 3. The number of aromatic nitrogens is 4. The average Bonchev–Trinajstić information content (AvgIpc) is 2.91. The first kappa shape index (κ1) is 28.4. The fourth-order valence-electron chi connectivity index (χ4n) is 3.92. The van der Waals surface area contributed by atoms with Gasteiger partial charge in [0.05, 0.1) is 31.4 Å². The molecule has 0 bridgehead atoms. The second-order valence-electron chi connectivity index (χ2n) is 8.73. The van der Waals surface area contributed by atoms with Gasteiger partial charge in [-0.15, -0.1) is 0 Å². The molecule has 4 rings (SSSR count). The van der Waals surface area contributed by atoms with Gasteiger partial charge in [-0.1, -0.05) is 53.5 Å². The Morgan fingerprint density at radius 3 is 2.23 bits per heavy atom. The predicted molar refractivity (Wildman–Crippen MR) is 139 cm³/mol. The zero-order valence-corrected chi connectivity index (χ0v) is 22.5. The Balaban J connectivity index is 1.37. The summed E-state index contributed by atoms with van der Waals surface area (Å²) in [6.45, 7) is 0.478. The molecule has 0 saturated heterocycles. The first-order chi connectivity index (χ1) is 18.5. The molecule has 0 radical (unpaired) electrons. The van der Waals surface area contributed by atoms with Crippen LogP contribution in [0.4, 0.5) is 13.2 Å². The largest absolute Gasteiger partial charge is 0.500 e. The molecule has 0 aliphatic heterocycles. The Morgan fingerprint density at radius 2 is 1.59 bits per heavy atom. The summed E-state index contributed by atoms with van der Waals surface area (Å²) in [6, 6.07) is 11.6. The number of rotatable bonds is 9. The summed E-state index contributed by atoms with van der Waals surface area (Å²) in [6.07, 6.45) is 0.991. The van der Waals surface area contributed by atoms with Gasteiger partial charge in [0, 0.05) is 24.4 Å². The number of ether oxygens (including phenoxy) is 2. The molecule has 2 heterocycles. The minimum atomic E-state index is -4.51. The number of halogens is 5. The summed E-state index contributed by atoms with van der Waals surface area (Å²) in [5.74, 6) is 0.240. The number of methoxy groups -OCH3 is 1. The summed E-state index contributed by atoms with van der Waals surface area (Å²) in [5.41, 5.74) is 1.85. The quantitative estimate of drug-likeness (QED) is 0.259. The van der Waals surface area contributed by atoms with Gasteiger partial charge in [0.15, 0.2) is 5.02 Å². The summed E-state index contributed by atoms with van der Waals surface area (Å²) in [4.78, 5) is 20.9. The normalized spacial score (nSPS) is 11.5. The maximum Gasteiger partial charge on any atom is 0.500 e. The molecule has 0 aliphatic rings. The fraction of sp³-hybridized carbons (Fsp3) is 0.259. The van der Waals surface area contributed by atoms with Gasteiger partial charge in [-0.2, -0.15) is 27.1 Å². The van der Waals surface area contributed by atoms with Crippen molar-refractivity contribution < 1.29 is 27.2 Å². The van der Waals surface area contributed by atoms with Crippen LogP contribution in [0.25, 0.3) is 0 Å². The minimum Gasteiger partial charge on any atom is -0.467 e. The van der Waals surface area contributed by atoms with Crippen molar-refractivity contribution in [2.75, 3.05) is 13.7 Å². The Labute approximate surface area is 232 Å². The van der Waals surface area contributed by atoms with Gasteiger partial charge >= 0.3 is 23.8 Å². The molecule has 12 heteroatoms. The van der Waals surface area contributed by atoms with Crippen LogP contribution in [0.1, 0.15) is 27.8 Å². The fourth-order valence-corrected chi connectivity index (χ4v) is 4.44. The van der Waals surface area contributed by atoms with E-state index in [-0.39, 0.29) is 40.8 Å². The molecule has 0 fully saturated rings. The van der Waals surface area contributed by atoms with E-state index in [0.29, 0.717) is 24.0 Å². The second-order valence-corrected chi connectivity index (χ2v) is 9.55. The van der Waals surface area contributed by atoms with Crippen LogP contribution >= 0.6 is 23.2 Å². The predicted octanol–water partition coefficient (Wildman–Crippen LogP) is 5.06. The van der Waals surface area contributed by atoms with E-state index in [1.165, 1.54) is 28.5 Å². The van der Waals surface area contributed by atoms with Crippen LogP contribution in [-0.4, -0.2) is 28.3 Å². The molecule has 2 aromatic carbocycles. The lowest BCUT2D eigenvalue weighted by molar-refractivity contribution is -0.707. The molecule has 0 amide bonds. The van der Waals surface area contributed by atoms with Crippen LogP contribution in [0, 0.1) is 0 Å². The number of nitrogens with zero attached hydrogens (tertiary/aromatic N) is 4. The summed E-state index contributed by atoms with van der Waals surface area (Å²) in [7, 11) is 3.04. The smallest absolute Gasteiger partial charge is 0.467 e. The molecule has 4 aromatic rings. The highest BCUT2D eigenvalue weighted by molar-refractivity contribution is 6.31. The Hall–Kier alpha value is -3.63. The third-order valence-corrected chi connectivity index (χ3v) is 6.51. The zero-order chi connectivity index (χ0) is 28.2. The third-order valence-electron chi connectivity index (χ3n) is 5.92. The van der Waals surface area contributed by atoms with Crippen molar-refractivity contribution in [3.8, 4) is 11.9 Å². The summed E-state index contributed by atoms with van der Waals surface area (Å²) in [5, 5.41) is -0.0534. The molecule has 0 atom stereocenters. The minimum absolute atomic E-state index is 0.219. The van der Waals surface area contributed by atoms with Crippen molar-refractivity contribution in [1.82, 2.24) is 14.5 Å². The molecular formula is C27H24Cl2F3N4O3+. The summed E-state index contributed by atoms with van der Waals surface area (Å²) < 4.78 is 52.9. The van der Waals surface area contributed by atoms with Gasteiger partial charge in [-0.25, -0.2) is 9.97 Å². The zero-order valence-electron chi connectivity index (χ0n) is 21.0. The topological polar surface area (TPSA) is 70.1 Å². The van der Waals surface area contributed by atoms with Gasteiger partial charge < -0.3 is 9.47 Å². The average molecular weight is 580 g/mol. The van der Waals surface area contributed by atoms with Crippen LogP contribution in [0.15, 0.2) is 65.8 Å². The molecule has 204 valence electrons. The van der Waals surface area contributed by atoms with Crippen LogP contribution in [-0.2, 0) is 32.6 Å². The van der Waals surface area contributed by atoms with E-state index in [1.807, 2.05) is 24.3 Å². The van der Waals surface area contributed by atoms with Gasteiger partial charge in [-0.3, -0.25) is 0 Å². The Kier molecular flexibility index (Phi) is 8.76. The van der Waals surface area contributed by atoms with Gasteiger partial charge in [0.25, 0.3) is 0 Å². The molecule has 0 N–H and O–H groups in total. The SMILES string of the molecule is COc1ncc(C[n+]2cc(Cl)c(OCCc3ccc(Cc4ccc(Cl)c(C(F)(F)F)c4)cc3)n(C)c2=O)cn1. The van der Waals surface area contributed by atoms with Crippen molar-refractivity contribution >= 4 is 23.2 Å². The van der Waals surface area contributed by atoms with Crippen molar-refractivity contribution in [2.24, 2.45) is 7.05 Å². The maximum atomic E-state index is 13.1. The van der Waals surface area contributed by atoms with E-state index in [2.05, 4.69) is 9.97 Å². The summed E-state index contributed by atoms with van der Waals surface area (Å²) >= 11 is 12.1.